The van der Waals surface area contributed by atoms with E-state index in [0.717, 1.165) is 6.07 Å². The molecule has 0 aliphatic heterocycles. The number of nitrogens with zero attached hydrogens (tertiary/aromatic N) is 1. The van der Waals surface area contributed by atoms with Crippen molar-refractivity contribution >= 4 is 5.78 Å². The predicted octanol–water partition coefficient (Wildman–Crippen LogP) is 4.00. The van der Waals surface area contributed by atoms with Crippen molar-refractivity contribution in [2.75, 3.05) is 0 Å². The second kappa shape index (κ2) is 9.92. The van der Waals surface area contributed by atoms with Crippen LogP contribution in [0.25, 0.3) is 11.3 Å². The monoisotopic (exact) mass is 501 g/mol. The van der Waals surface area contributed by atoms with E-state index >= 15 is 0 Å². The Hall–Kier alpha value is -1.98. The van der Waals surface area contributed by atoms with Gasteiger partial charge in [0.2, 0.25) is 0 Å². The quantitative estimate of drug-likeness (QED) is 0.294. The van der Waals surface area contributed by atoms with Crippen molar-refractivity contribution in [3.8, 4) is 11.3 Å². The van der Waals surface area contributed by atoms with Crippen LogP contribution in [-0.4, -0.2) is 15.9 Å². The van der Waals surface area contributed by atoms with Crippen LogP contribution in [0.15, 0.2) is 42.3 Å². The summed E-state index contributed by atoms with van der Waals surface area (Å²) >= 11 is 0. The van der Waals surface area contributed by atoms with Gasteiger partial charge in [0.25, 0.3) is 0 Å². The fourth-order valence-electron chi connectivity index (χ4n) is 1.47. The van der Waals surface area contributed by atoms with E-state index in [1.807, 2.05) is 0 Å². The fourth-order valence-corrected chi connectivity index (χ4v) is 1.47. The smallest absolute Gasteiger partial charge is 0.155 e. The Morgan fingerprint density at radius 3 is 2.30 bits per heavy atom. The number of allylic oxidation sites excluding steroid dienone is 2. The van der Waals surface area contributed by atoms with E-state index in [4.69, 9.17) is 5.11 Å². The van der Waals surface area contributed by atoms with Crippen molar-refractivity contribution in [3.05, 3.63) is 65.8 Å². The van der Waals surface area contributed by atoms with Crippen molar-refractivity contribution in [2.45, 2.75) is 13.8 Å². The van der Waals surface area contributed by atoms with Crippen molar-refractivity contribution in [3.63, 3.8) is 0 Å². The molecule has 1 heterocycles. The average Bonchev–Trinajstić information content (AvgIpc) is 2.45. The molecule has 1 N–H and O–H groups in total. The number of rotatable bonds is 2. The normalized spacial score (nSPS) is 10.2. The zero-order valence-corrected chi connectivity index (χ0v) is 14.6. The van der Waals surface area contributed by atoms with E-state index in [1.165, 1.54) is 32.2 Å². The van der Waals surface area contributed by atoms with Gasteiger partial charge >= 0.3 is 0 Å². The number of carbonyl (C=O) groups excluding carboxylic acids is 1. The summed E-state index contributed by atoms with van der Waals surface area (Å²) in [4.78, 5) is 13.8. The molecule has 1 aromatic carbocycles. The van der Waals surface area contributed by atoms with E-state index in [1.54, 1.807) is 12.1 Å². The Morgan fingerprint density at radius 1 is 1.22 bits per heavy atom. The van der Waals surface area contributed by atoms with Gasteiger partial charge in [-0.15, -0.1) is 12.1 Å². The van der Waals surface area contributed by atoms with Gasteiger partial charge in [0.1, 0.15) is 5.82 Å². The molecule has 0 aliphatic rings. The number of benzene rings is 1. The number of halogens is 3. The van der Waals surface area contributed by atoms with Crippen molar-refractivity contribution in [2.24, 2.45) is 0 Å². The molecule has 0 unspecified atom stereocenters. The summed E-state index contributed by atoms with van der Waals surface area (Å²) in [6, 6.07) is 7.82. The molecule has 0 spiro atoms. The summed E-state index contributed by atoms with van der Waals surface area (Å²) in [6.45, 7) is 2.85. The van der Waals surface area contributed by atoms with E-state index in [-0.39, 0.29) is 42.9 Å². The molecule has 0 aliphatic carbocycles. The molecule has 1 radical (unpaired) electrons. The second-order valence-corrected chi connectivity index (χ2v) is 4.25. The van der Waals surface area contributed by atoms with E-state index in [9.17, 15) is 18.0 Å². The number of aromatic nitrogens is 1. The van der Waals surface area contributed by atoms with Crippen LogP contribution >= 0.6 is 0 Å². The van der Waals surface area contributed by atoms with Gasteiger partial charge < -0.3 is 10.1 Å². The maximum Gasteiger partial charge on any atom is 0.155 e. The van der Waals surface area contributed by atoms with Crippen LogP contribution in [0.3, 0.4) is 0 Å². The largest absolute Gasteiger partial charge is 0.512 e. The third-order valence-electron chi connectivity index (χ3n) is 2.30. The van der Waals surface area contributed by atoms with E-state index < -0.39 is 17.5 Å². The first-order valence-electron chi connectivity index (χ1n) is 6.17. The van der Waals surface area contributed by atoms with Crippen LogP contribution < -0.4 is 0 Å². The Kier molecular flexibility index (Phi) is 9.07. The van der Waals surface area contributed by atoms with Crippen molar-refractivity contribution in [1.82, 2.24) is 4.98 Å². The molecule has 1 aromatic heterocycles. The molecular formula is C16H13F3IrNO2-. The molecule has 0 amide bonds. The summed E-state index contributed by atoms with van der Waals surface area (Å²) in [6.07, 6.45) is 2.60. The first kappa shape index (κ1) is 21.0. The summed E-state index contributed by atoms with van der Waals surface area (Å²) in [5.74, 6) is -4.09. The summed E-state index contributed by atoms with van der Waals surface area (Å²) in [5.41, 5.74) is 0.0448. The standard InChI is InChI=1S/C11H5F3N.C5H8O2.Ir/c12-8-5-4-7(10(13)11(8)14)9-3-1-2-6-15-9;1-4(6)3-5(2)7;/h1-3,5-6H;3,6H,1-2H3;/q-1;;/b;4-3-;. The Bertz CT molecular complexity index is 687. The Morgan fingerprint density at radius 2 is 1.87 bits per heavy atom. The van der Waals surface area contributed by atoms with Crippen LogP contribution in [0, 0.1) is 23.5 Å². The van der Waals surface area contributed by atoms with Gasteiger partial charge in [0.15, 0.2) is 5.78 Å². The number of carbonyl (C=O) groups is 1. The summed E-state index contributed by atoms with van der Waals surface area (Å²) < 4.78 is 38.7. The zero-order chi connectivity index (χ0) is 16.7. The average molecular weight is 500 g/mol. The molecule has 23 heavy (non-hydrogen) atoms. The minimum Gasteiger partial charge on any atom is -0.512 e. The van der Waals surface area contributed by atoms with Crippen LogP contribution in [0.5, 0.6) is 0 Å². The summed E-state index contributed by atoms with van der Waals surface area (Å²) in [7, 11) is 0. The second-order valence-electron chi connectivity index (χ2n) is 4.25. The number of hydrogen-bond acceptors (Lipinski definition) is 3. The molecule has 2 rings (SSSR count). The van der Waals surface area contributed by atoms with Gasteiger partial charge in [0, 0.05) is 32.4 Å². The Balaban J connectivity index is 0.000000522. The topological polar surface area (TPSA) is 50.2 Å². The SMILES string of the molecule is CC(=O)/C=C(/C)O.Fc1c[c-]c(-c2ccccn2)c(F)c1F.[Ir]. The van der Waals surface area contributed by atoms with Crippen LogP contribution in [0.1, 0.15) is 13.8 Å². The minimum absolute atomic E-state index is 0. The molecule has 0 fully saturated rings. The van der Waals surface area contributed by atoms with Gasteiger partial charge in [-0.1, -0.05) is 17.7 Å². The van der Waals surface area contributed by atoms with Gasteiger partial charge in [-0.05, 0) is 25.6 Å². The first-order chi connectivity index (χ1) is 10.3. The van der Waals surface area contributed by atoms with E-state index in [0.29, 0.717) is 0 Å². The first-order valence-corrected chi connectivity index (χ1v) is 6.17. The molecule has 125 valence electrons. The molecule has 0 atom stereocenters. The number of aliphatic hydroxyl groups excluding tert-OH is 1. The molecule has 0 saturated heterocycles. The van der Waals surface area contributed by atoms with Gasteiger partial charge in [-0.2, -0.15) is 0 Å². The molecule has 3 nitrogen and oxygen atoms in total. The van der Waals surface area contributed by atoms with Crippen molar-refractivity contribution < 1.29 is 43.2 Å². The fraction of sp³-hybridized carbons (Fsp3) is 0.125. The Labute approximate surface area is 145 Å². The van der Waals surface area contributed by atoms with Gasteiger partial charge in [-0.25, -0.2) is 4.39 Å². The number of aliphatic hydroxyl groups is 1. The van der Waals surface area contributed by atoms with Crippen LogP contribution in [0.4, 0.5) is 13.2 Å². The van der Waals surface area contributed by atoms with E-state index in [2.05, 4.69) is 11.1 Å². The predicted molar refractivity (Wildman–Crippen MR) is 75.4 cm³/mol. The third kappa shape index (κ3) is 6.76. The molecule has 0 bridgehead atoms. The molecule has 0 saturated carbocycles. The van der Waals surface area contributed by atoms with Gasteiger partial charge in [-0.3, -0.25) is 13.6 Å². The maximum absolute atomic E-state index is 13.3. The number of pyridine rings is 1. The summed E-state index contributed by atoms with van der Waals surface area (Å²) in [5, 5.41) is 8.36. The third-order valence-corrected chi connectivity index (χ3v) is 2.30. The zero-order valence-electron chi connectivity index (χ0n) is 12.2. The van der Waals surface area contributed by atoms with Crippen molar-refractivity contribution in [1.29, 1.82) is 0 Å². The van der Waals surface area contributed by atoms with Crippen LogP contribution in [0.2, 0.25) is 0 Å². The molecule has 2 aromatic rings. The van der Waals surface area contributed by atoms with Crippen LogP contribution in [-0.2, 0) is 24.9 Å². The number of ketones is 1. The number of hydrogen-bond donors (Lipinski definition) is 1. The molecule has 7 heteroatoms. The van der Waals surface area contributed by atoms with Gasteiger partial charge in [0.05, 0.1) is 17.4 Å². The minimum atomic E-state index is -1.51. The maximum atomic E-state index is 13.3. The molecular weight excluding hydrogens is 487 g/mol.